The summed E-state index contributed by atoms with van der Waals surface area (Å²) in [6.07, 6.45) is 4.28. The third-order valence-electron chi connectivity index (χ3n) is 4.39. The molecule has 0 saturated carbocycles. The summed E-state index contributed by atoms with van der Waals surface area (Å²) in [4.78, 5) is 39.5. The highest BCUT2D eigenvalue weighted by Crippen LogP contribution is 2.32. The Kier molecular flexibility index (Phi) is 4.90. The molecule has 3 N–H and O–H groups in total. The fourth-order valence-corrected chi connectivity index (χ4v) is 3.04. The number of nitrogens with zero attached hydrogens (tertiary/aromatic N) is 2. The molecular weight excluding hydrogens is 342 g/mol. The fourth-order valence-electron chi connectivity index (χ4n) is 3.04. The average molecular weight is 361 g/mol. The molecule has 0 radical (unpaired) electrons. The van der Waals surface area contributed by atoms with Crippen LogP contribution >= 0.6 is 0 Å². The zero-order valence-electron chi connectivity index (χ0n) is 14.2. The molecule has 1 atom stereocenters. The highest BCUT2D eigenvalue weighted by atomic mass is 16.5. The van der Waals surface area contributed by atoms with Crippen molar-refractivity contribution in [1.29, 1.82) is 0 Å². The number of hydrogen-bond donors (Lipinski definition) is 3. The van der Waals surface area contributed by atoms with Gasteiger partial charge in [0.2, 0.25) is 0 Å². The van der Waals surface area contributed by atoms with E-state index in [4.69, 9.17) is 9.84 Å². The molecule has 0 aromatic carbocycles. The van der Waals surface area contributed by atoms with Crippen molar-refractivity contribution in [1.82, 2.24) is 14.9 Å². The van der Waals surface area contributed by atoms with E-state index in [2.05, 4.69) is 10.3 Å². The SMILES string of the molecule is Cn1c(=O)c(C(=O)NCC(=O)O)c(O)c2cc(C3CCCCO3)cnc21. The number of rotatable bonds is 4. The van der Waals surface area contributed by atoms with Gasteiger partial charge in [-0.3, -0.25) is 19.0 Å². The van der Waals surface area contributed by atoms with Crippen LogP contribution in [0.4, 0.5) is 0 Å². The summed E-state index contributed by atoms with van der Waals surface area (Å²) in [7, 11) is 1.43. The van der Waals surface area contributed by atoms with Crippen LogP contribution < -0.4 is 10.9 Å². The number of carbonyl (C=O) groups is 2. The summed E-state index contributed by atoms with van der Waals surface area (Å²) >= 11 is 0. The normalized spacial score (nSPS) is 17.2. The number of fused-ring (bicyclic) bond motifs is 1. The van der Waals surface area contributed by atoms with E-state index in [1.807, 2.05) is 0 Å². The van der Waals surface area contributed by atoms with Crippen molar-refractivity contribution < 1.29 is 24.5 Å². The van der Waals surface area contributed by atoms with E-state index in [9.17, 15) is 19.5 Å². The molecule has 138 valence electrons. The van der Waals surface area contributed by atoms with Crippen molar-refractivity contribution in [3.05, 3.63) is 33.7 Å². The second-order valence-electron chi connectivity index (χ2n) is 6.16. The third-order valence-corrected chi connectivity index (χ3v) is 4.39. The van der Waals surface area contributed by atoms with Crippen LogP contribution in [0.15, 0.2) is 17.1 Å². The van der Waals surface area contributed by atoms with Gasteiger partial charge in [0.1, 0.15) is 23.5 Å². The summed E-state index contributed by atoms with van der Waals surface area (Å²) in [5.41, 5.74) is -0.290. The maximum atomic E-state index is 12.4. The Bertz CT molecular complexity index is 930. The van der Waals surface area contributed by atoms with Gasteiger partial charge in [-0.15, -0.1) is 0 Å². The van der Waals surface area contributed by atoms with Crippen LogP contribution in [0, 0.1) is 0 Å². The molecule has 0 aliphatic carbocycles. The van der Waals surface area contributed by atoms with Crippen LogP contribution in [0.2, 0.25) is 0 Å². The van der Waals surface area contributed by atoms with Crippen molar-refractivity contribution in [2.45, 2.75) is 25.4 Å². The average Bonchev–Trinajstić information content (AvgIpc) is 2.65. The largest absolute Gasteiger partial charge is 0.506 e. The summed E-state index contributed by atoms with van der Waals surface area (Å²) in [6, 6.07) is 1.65. The van der Waals surface area contributed by atoms with E-state index in [-0.39, 0.29) is 17.1 Å². The smallest absolute Gasteiger partial charge is 0.322 e. The summed E-state index contributed by atoms with van der Waals surface area (Å²) in [6.45, 7) is -0.0154. The molecule has 1 aliphatic rings. The van der Waals surface area contributed by atoms with Gasteiger partial charge in [-0.1, -0.05) is 0 Å². The molecular formula is C17H19N3O6. The van der Waals surface area contributed by atoms with Gasteiger partial charge in [-0.25, -0.2) is 4.98 Å². The molecule has 0 bridgehead atoms. The minimum absolute atomic E-state index is 0.151. The summed E-state index contributed by atoms with van der Waals surface area (Å²) in [5.74, 6) is -2.73. The first-order valence-corrected chi connectivity index (χ1v) is 8.23. The van der Waals surface area contributed by atoms with Gasteiger partial charge in [0.25, 0.3) is 11.5 Å². The Labute approximate surface area is 148 Å². The molecule has 1 aliphatic heterocycles. The van der Waals surface area contributed by atoms with E-state index >= 15 is 0 Å². The highest BCUT2D eigenvalue weighted by molar-refractivity contribution is 6.02. The van der Waals surface area contributed by atoms with Gasteiger partial charge in [0.15, 0.2) is 0 Å². The molecule has 2 aromatic rings. The number of aromatic nitrogens is 2. The number of aromatic hydroxyl groups is 1. The minimum atomic E-state index is -1.26. The van der Waals surface area contributed by atoms with Crippen LogP contribution in [-0.4, -0.2) is 44.8 Å². The van der Waals surface area contributed by atoms with E-state index < -0.39 is 35.3 Å². The quantitative estimate of drug-likeness (QED) is 0.730. The van der Waals surface area contributed by atoms with Gasteiger partial charge in [-0.05, 0) is 30.9 Å². The Morgan fingerprint density at radius 3 is 2.85 bits per heavy atom. The number of amides is 1. The Morgan fingerprint density at radius 1 is 1.42 bits per heavy atom. The zero-order valence-corrected chi connectivity index (χ0v) is 14.2. The number of aliphatic carboxylic acids is 1. The van der Waals surface area contributed by atoms with Crippen LogP contribution in [0.3, 0.4) is 0 Å². The maximum absolute atomic E-state index is 12.4. The number of pyridine rings is 2. The van der Waals surface area contributed by atoms with E-state index in [0.717, 1.165) is 29.4 Å². The van der Waals surface area contributed by atoms with Crippen LogP contribution in [0.1, 0.15) is 41.3 Å². The lowest BCUT2D eigenvalue weighted by atomic mass is 10.0. The Hall–Kier alpha value is -2.94. The van der Waals surface area contributed by atoms with E-state index in [1.165, 1.54) is 7.05 Å². The Morgan fingerprint density at radius 2 is 2.19 bits per heavy atom. The van der Waals surface area contributed by atoms with Crippen LogP contribution in [-0.2, 0) is 16.6 Å². The second kappa shape index (κ2) is 7.12. The molecule has 1 amide bonds. The number of aryl methyl sites for hydroxylation is 1. The molecule has 3 heterocycles. The number of carboxylic acids is 1. The molecule has 9 heteroatoms. The molecule has 26 heavy (non-hydrogen) atoms. The zero-order chi connectivity index (χ0) is 18.8. The molecule has 9 nitrogen and oxygen atoms in total. The monoisotopic (exact) mass is 361 g/mol. The lowest BCUT2D eigenvalue weighted by Gasteiger charge is -2.23. The van der Waals surface area contributed by atoms with Gasteiger partial charge in [0.05, 0.1) is 11.5 Å². The maximum Gasteiger partial charge on any atom is 0.322 e. The van der Waals surface area contributed by atoms with Gasteiger partial charge in [-0.2, -0.15) is 0 Å². The van der Waals surface area contributed by atoms with Crippen molar-refractivity contribution in [2.24, 2.45) is 7.05 Å². The lowest BCUT2D eigenvalue weighted by Crippen LogP contribution is -2.35. The molecule has 1 unspecified atom stereocenters. The number of carboxylic acid groups (broad SMARTS) is 1. The first-order valence-electron chi connectivity index (χ1n) is 8.23. The molecule has 1 fully saturated rings. The third kappa shape index (κ3) is 3.25. The molecule has 3 rings (SSSR count). The van der Waals surface area contributed by atoms with Gasteiger partial charge >= 0.3 is 5.97 Å². The first-order chi connectivity index (χ1) is 12.4. The molecule has 2 aromatic heterocycles. The fraction of sp³-hybridized carbons (Fsp3) is 0.412. The second-order valence-corrected chi connectivity index (χ2v) is 6.16. The number of hydrogen-bond acceptors (Lipinski definition) is 6. The van der Waals surface area contributed by atoms with Gasteiger partial charge in [0, 0.05) is 19.9 Å². The van der Waals surface area contributed by atoms with Crippen LogP contribution in [0.5, 0.6) is 5.75 Å². The first kappa shape index (κ1) is 17.9. The molecule has 0 spiro atoms. The van der Waals surface area contributed by atoms with Crippen molar-refractivity contribution in [3.63, 3.8) is 0 Å². The number of nitrogens with one attached hydrogen (secondary N) is 1. The lowest BCUT2D eigenvalue weighted by molar-refractivity contribution is -0.135. The predicted molar refractivity (Wildman–Crippen MR) is 91.2 cm³/mol. The Balaban J connectivity index is 2.09. The summed E-state index contributed by atoms with van der Waals surface area (Å²) < 4.78 is 6.86. The van der Waals surface area contributed by atoms with Gasteiger partial charge < -0.3 is 20.3 Å². The summed E-state index contributed by atoms with van der Waals surface area (Å²) in [5, 5.41) is 21.5. The van der Waals surface area contributed by atoms with Crippen molar-refractivity contribution >= 4 is 22.9 Å². The standard InChI is InChI=1S/C17H19N3O6/c1-20-15-10(6-9(7-18-15)11-4-2-3-5-26-11)14(23)13(17(20)25)16(24)19-8-12(21)22/h6-7,11,23H,2-5,8H2,1H3,(H,19,24)(H,21,22). The predicted octanol–water partition coefficient (Wildman–Crippen LogP) is 0.695. The number of carbonyl (C=O) groups excluding carboxylic acids is 1. The number of ether oxygens (including phenoxy) is 1. The van der Waals surface area contributed by atoms with E-state index in [1.54, 1.807) is 12.3 Å². The minimum Gasteiger partial charge on any atom is -0.506 e. The molecule has 1 saturated heterocycles. The topological polar surface area (TPSA) is 131 Å². The van der Waals surface area contributed by atoms with Crippen LogP contribution in [0.25, 0.3) is 11.0 Å². The van der Waals surface area contributed by atoms with Crippen molar-refractivity contribution in [2.75, 3.05) is 13.2 Å². The highest BCUT2D eigenvalue weighted by Gasteiger charge is 2.24. The van der Waals surface area contributed by atoms with Crippen molar-refractivity contribution in [3.8, 4) is 5.75 Å². The van der Waals surface area contributed by atoms with E-state index in [0.29, 0.717) is 6.61 Å².